The highest BCUT2D eigenvalue weighted by Crippen LogP contribution is 2.12. The van der Waals surface area contributed by atoms with E-state index in [0.717, 1.165) is 13.4 Å². The van der Waals surface area contributed by atoms with E-state index in [0.29, 0.717) is 0 Å². The van der Waals surface area contributed by atoms with Crippen molar-refractivity contribution in [2.45, 2.75) is 91.3 Å². The normalized spacial score (nSPS) is 11.6. The summed E-state index contributed by atoms with van der Waals surface area (Å²) >= 11 is 0. The Balaban J connectivity index is 3.92. The maximum Gasteiger partial charge on any atom is 0.143 e. The fourth-order valence-electron chi connectivity index (χ4n) is 3.09. The van der Waals surface area contributed by atoms with Crippen LogP contribution in [0, 0.1) is 0 Å². The van der Waals surface area contributed by atoms with Gasteiger partial charge in [-0.1, -0.05) is 116 Å². The van der Waals surface area contributed by atoms with Crippen molar-refractivity contribution in [2.24, 2.45) is 0 Å². The van der Waals surface area contributed by atoms with Gasteiger partial charge in [-0.2, -0.15) is 0 Å². The van der Waals surface area contributed by atoms with Crippen LogP contribution in [0.25, 0.3) is 0 Å². The lowest BCUT2D eigenvalue weighted by atomic mass is 9.42. The van der Waals surface area contributed by atoms with Gasteiger partial charge in [-0.15, -0.1) is 0 Å². The van der Waals surface area contributed by atoms with E-state index in [1.807, 2.05) is 0 Å². The minimum atomic E-state index is 0.905. The van der Waals surface area contributed by atoms with E-state index in [2.05, 4.69) is 52.0 Å². The van der Waals surface area contributed by atoms with Crippen LogP contribution < -0.4 is 0 Å². The van der Waals surface area contributed by atoms with Gasteiger partial charge in [0.2, 0.25) is 0 Å². The van der Waals surface area contributed by atoms with Gasteiger partial charge in [0.15, 0.2) is 0 Å². The summed E-state index contributed by atoms with van der Waals surface area (Å²) in [5.74, 6) is 0. The van der Waals surface area contributed by atoms with Gasteiger partial charge in [-0.25, -0.2) is 0 Å². The summed E-state index contributed by atoms with van der Waals surface area (Å²) in [6.45, 7) is 11.0. The zero-order valence-corrected chi connectivity index (χ0v) is 14.5. The molecule has 0 fully saturated rings. The molecule has 0 bridgehead atoms. The second kappa shape index (κ2) is 15.0. The zero-order valence-electron chi connectivity index (χ0n) is 14.5. The van der Waals surface area contributed by atoms with E-state index in [9.17, 15) is 0 Å². The molecule has 0 saturated heterocycles. The zero-order chi connectivity index (χ0) is 15.1. The lowest BCUT2D eigenvalue weighted by molar-refractivity contribution is 0.998. The van der Waals surface area contributed by atoms with E-state index >= 15 is 0 Å². The first-order valence-corrected chi connectivity index (χ1v) is 9.09. The fourth-order valence-corrected chi connectivity index (χ4v) is 3.09. The third-order valence-electron chi connectivity index (χ3n) is 4.11. The summed E-state index contributed by atoms with van der Waals surface area (Å²) in [7, 11) is 0. The first kappa shape index (κ1) is 19.6. The van der Waals surface area contributed by atoms with Gasteiger partial charge >= 0.3 is 0 Å². The molecule has 0 aliphatic heterocycles. The van der Waals surface area contributed by atoms with Crippen LogP contribution in [0.3, 0.4) is 0 Å². The first-order chi connectivity index (χ1) is 9.78. The third kappa shape index (κ3) is 11.4. The minimum Gasteiger partial charge on any atom is -0.0917 e. The molecule has 0 aromatic heterocycles. The maximum absolute atomic E-state index is 2.38. The Kier molecular flexibility index (Phi) is 14.7. The Labute approximate surface area is 129 Å². The molecule has 0 unspecified atom stereocenters. The van der Waals surface area contributed by atoms with Crippen molar-refractivity contribution in [3.8, 4) is 0 Å². The van der Waals surface area contributed by atoms with Gasteiger partial charge in [0.25, 0.3) is 0 Å². The second-order valence-electron chi connectivity index (χ2n) is 6.21. The van der Waals surface area contributed by atoms with Gasteiger partial charge in [-0.05, 0) is 0 Å². The topological polar surface area (TPSA) is 0 Å². The summed E-state index contributed by atoms with van der Waals surface area (Å²) < 4.78 is 0. The summed E-state index contributed by atoms with van der Waals surface area (Å²) in [4.78, 5) is 0. The monoisotopic (exact) mass is 274 g/mol. The van der Waals surface area contributed by atoms with E-state index in [-0.39, 0.29) is 0 Å². The van der Waals surface area contributed by atoms with Crippen molar-refractivity contribution >= 4 is 13.4 Å². The number of allylic oxidation sites excluding steroid dienone is 4. The van der Waals surface area contributed by atoms with Crippen LogP contribution in [0.4, 0.5) is 0 Å². The maximum atomic E-state index is 2.38. The highest BCUT2D eigenvalue weighted by molar-refractivity contribution is 6.59. The van der Waals surface area contributed by atoms with Crippen LogP contribution in [0.15, 0.2) is 24.3 Å². The van der Waals surface area contributed by atoms with Gasteiger partial charge in [0.1, 0.15) is 13.4 Å². The molecular weight excluding hydrogens is 238 g/mol. The van der Waals surface area contributed by atoms with Crippen molar-refractivity contribution < 1.29 is 0 Å². The van der Waals surface area contributed by atoms with Crippen LogP contribution in [-0.2, 0) is 0 Å². The van der Waals surface area contributed by atoms with Crippen LogP contribution in [0.5, 0.6) is 0 Å². The van der Waals surface area contributed by atoms with Crippen molar-refractivity contribution in [1.29, 1.82) is 0 Å². The second-order valence-corrected chi connectivity index (χ2v) is 6.21. The molecule has 0 N–H and O–H groups in total. The van der Waals surface area contributed by atoms with Crippen LogP contribution in [0.1, 0.15) is 53.4 Å². The van der Waals surface area contributed by atoms with Gasteiger partial charge in [0, 0.05) is 0 Å². The van der Waals surface area contributed by atoms with E-state index in [4.69, 9.17) is 0 Å². The van der Waals surface area contributed by atoms with Gasteiger partial charge < -0.3 is 0 Å². The SMILES string of the molecule is CCCB(CC=CC=CCB(CCC)CCC)CCC. The Bertz CT molecular complexity index is 208. The van der Waals surface area contributed by atoms with Crippen LogP contribution >= 0.6 is 0 Å². The lowest BCUT2D eigenvalue weighted by Gasteiger charge is -2.08. The molecule has 0 rings (SSSR count). The number of hydrogen-bond acceptors (Lipinski definition) is 0. The summed E-state index contributed by atoms with van der Waals surface area (Å²) in [6, 6.07) is 0. The van der Waals surface area contributed by atoms with E-state index in [1.54, 1.807) is 0 Å². The summed E-state index contributed by atoms with van der Waals surface area (Å²) in [6.07, 6.45) is 22.7. The minimum absolute atomic E-state index is 0.905. The molecule has 0 heterocycles. The summed E-state index contributed by atoms with van der Waals surface area (Å²) in [5, 5.41) is 0. The Morgan fingerprint density at radius 3 is 1.10 bits per heavy atom. The predicted octanol–water partition coefficient (Wildman–Crippen LogP) is 6.73. The van der Waals surface area contributed by atoms with Crippen molar-refractivity contribution in [3.63, 3.8) is 0 Å². The molecule has 0 amide bonds. The molecule has 0 radical (unpaired) electrons. The average Bonchev–Trinajstić information content (AvgIpc) is 2.43. The lowest BCUT2D eigenvalue weighted by Crippen LogP contribution is -2.09. The molecule has 0 nitrogen and oxygen atoms in total. The Morgan fingerprint density at radius 2 is 0.850 bits per heavy atom. The Hall–Kier alpha value is -0.390. The molecule has 114 valence electrons. The number of rotatable bonds is 13. The highest BCUT2D eigenvalue weighted by atomic mass is 13.8. The summed E-state index contributed by atoms with van der Waals surface area (Å²) in [5.41, 5.74) is 0. The molecule has 20 heavy (non-hydrogen) atoms. The Morgan fingerprint density at radius 1 is 0.550 bits per heavy atom. The van der Waals surface area contributed by atoms with Gasteiger partial charge in [-0.3, -0.25) is 0 Å². The standard InChI is InChI=1S/C18H36B2/c1-5-13-19(14-6-2)17-11-9-10-12-18-20(15-7-3)16-8-4/h9-12H,5-8,13-18H2,1-4H3. The predicted molar refractivity (Wildman–Crippen MR) is 99.8 cm³/mol. The number of hydrogen-bond donors (Lipinski definition) is 0. The molecule has 0 atom stereocenters. The van der Waals surface area contributed by atoms with Crippen molar-refractivity contribution in [2.75, 3.05) is 0 Å². The van der Waals surface area contributed by atoms with Gasteiger partial charge in [0.05, 0.1) is 0 Å². The van der Waals surface area contributed by atoms with Crippen LogP contribution in [0.2, 0.25) is 37.9 Å². The van der Waals surface area contributed by atoms with E-state index < -0.39 is 0 Å². The third-order valence-corrected chi connectivity index (χ3v) is 4.11. The molecular formula is C18H36B2. The highest BCUT2D eigenvalue weighted by Gasteiger charge is 2.09. The first-order valence-electron chi connectivity index (χ1n) is 9.09. The molecule has 0 saturated carbocycles. The average molecular weight is 274 g/mol. The van der Waals surface area contributed by atoms with Crippen molar-refractivity contribution in [3.05, 3.63) is 24.3 Å². The van der Waals surface area contributed by atoms with Crippen LogP contribution in [-0.4, -0.2) is 13.4 Å². The molecule has 0 aromatic rings. The molecule has 0 aliphatic rings. The smallest absolute Gasteiger partial charge is 0.0917 e. The molecule has 0 aliphatic carbocycles. The molecule has 2 heteroatoms. The molecule has 0 spiro atoms. The largest absolute Gasteiger partial charge is 0.143 e. The van der Waals surface area contributed by atoms with E-state index in [1.165, 1.54) is 63.6 Å². The quantitative estimate of drug-likeness (QED) is 0.258. The fraction of sp³-hybridized carbons (Fsp3) is 0.778. The molecule has 0 aromatic carbocycles. The van der Waals surface area contributed by atoms with Crippen molar-refractivity contribution in [1.82, 2.24) is 0 Å².